The molecule has 23 heavy (non-hydrogen) atoms. The van der Waals surface area contributed by atoms with Crippen molar-refractivity contribution in [1.29, 1.82) is 0 Å². The highest BCUT2D eigenvalue weighted by molar-refractivity contribution is 7.19. The number of para-hydroxylation sites is 1. The van der Waals surface area contributed by atoms with Crippen LogP contribution in [0.4, 0.5) is 5.69 Å². The zero-order chi connectivity index (χ0) is 16.2. The molecule has 1 aromatic heterocycles. The Kier molecular flexibility index (Phi) is 4.30. The molecule has 1 amide bonds. The Labute approximate surface area is 137 Å². The number of hydrogen-bond donors (Lipinski definition) is 1. The largest absolute Gasteiger partial charge is 0.323 e. The zero-order valence-corrected chi connectivity index (χ0v) is 13.3. The lowest BCUT2D eigenvalue weighted by Crippen LogP contribution is -2.07. The monoisotopic (exact) mass is 322 g/mol. The van der Waals surface area contributed by atoms with E-state index in [0.29, 0.717) is 11.3 Å². The van der Waals surface area contributed by atoms with Gasteiger partial charge in [-0.2, -0.15) is 0 Å². The molecule has 0 radical (unpaired) electrons. The third-order valence-corrected chi connectivity index (χ3v) is 4.25. The molecule has 0 fully saturated rings. The van der Waals surface area contributed by atoms with Crippen molar-refractivity contribution in [2.45, 2.75) is 6.92 Å². The number of nitrogens with one attached hydrogen (secondary N) is 1. The number of nitrogens with zero attached hydrogens (tertiary/aromatic N) is 1. The van der Waals surface area contributed by atoms with Crippen molar-refractivity contribution in [2.75, 3.05) is 5.32 Å². The van der Waals surface area contributed by atoms with Crippen molar-refractivity contribution in [1.82, 2.24) is 4.98 Å². The van der Waals surface area contributed by atoms with Gasteiger partial charge in [0.05, 0.1) is 10.2 Å². The maximum absolute atomic E-state index is 11.9. The van der Waals surface area contributed by atoms with E-state index in [-0.39, 0.29) is 11.7 Å². The molecule has 3 aromatic rings. The Morgan fingerprint density at radius 1 is 1.09 bits per heavy atom. The van der Waals surface area contributed by atoms with E-state index in [2.05, 4.69) is 10.3 Å². The van der Waals surface area contributed by atoms with E-state index in [1.54, 1.807) is 30.3 Å². The van der Waals surface area contributed by atoms with Gasteiger partial charge in [0.15, 0.2) is 5.78 Å². The van der Waals surface area contributed by atoms with Gasteiger partial charge < -0.3 is 5.32 Å². The molecular formula is C18H14N2O2S. The fourth-order valence-electron chi connectivity index (χ4n) is 2.08. The molecular weight excluding hydrogens is 308 g/mol. The second kappa shape index (κ2) is 6.54. The summed E-state index contributed by atoms with van der Waals surface area (Å²) in [6.07, 6.45) is 3.15. The summed E-state index contributed by atoms with van der Waals surface area (Å²) >= 11 is 1.54. The number of aromatic nitrogens is 1. The topological polar surface area (TPSA) is 59.1 Å². The fraction of sp³-hybridized carbons (Fsp3) is 0.0556. The first-order valence-corrected chi connectivity index (χ1v) is 7.89. The van der Waals surface area contributed by atoms with E-state index in [0.717, 1.165) is 15.2 Å². The lowest BCUT2D eigenvalue weighted by atomic mass is 10.1. The van der Waals surface area contributed by atoms with Crippen molar-refractivity contribution in [2.24, 2.45) is 0 Å². The first-order valence-electron chi connectivity index (χ1n) is 7.07. The molecule has 0 spiro atoms. The van der Waals surface area contributed by atoms with Crippen molar-refractivity contribution in [3.05, 3.63) is 65.2 Å². The normalized spacial score (nSPS) is 11.0. The first kappa shape index (κ1) is 15.1. The molecule has 2 aromatic carbocycles. The Balaban J connectivity index is 1.67. The summed E-state index contributed by atoms with van der Waals surface area (Å²) in [6.45, 7) is 1.51. The predicted octanol–water partition coefficient (Wildman–Crippen LogP) is 4.15. The highest BCUT2D eigenvalue weighted by Crippen LogP contribution is 2.22. The molecule has 1 N–H and O–H groups in total. The molecule has 3 rings (SSSR count). The molecule has 1 heterocycles. The molecule has 0 saturated carbocycles. The van der Waals surface area contributed by atoms with E-state index >= 15 is 0 Å². The maximum Gasteiger partial charge on any atom is 0.248 e. The third kappa shape index (κ3) is 3.70. The average Bonchev–Trinajstić information content (AvgIpc) is 2.96. The molecule has 4 nitrogen and oxygen atoms in total. The van der Waals surface area contributed by atoms with Gasteiger partial charge in [-0.05, 0) is 49.4 Å². The van der Waals surface area contributed by atoms with Crippen LogP contribution >= 0.6 is 11.3 Å². The Bertz CT molecular complexity index is 862. The molecule has 0 saturated heterocycles. The van der Waals surface area contributed by atoms with E-state index in [1.165, 1.54) is 24.3 Å². The molecule has 114 valence electrons. The summed E-state index contributed by atoms with van der Waals surface area (Å²) in [5.74, 6) is -0.238. The number of Topliss-reactive ketones (excluding diaryl/α,β-unsaturated/α-hetero) is 1. The SMILES string of the molecule is CC(=O)c1ccc(NC(=O)/C=C/c2nc3ccccc3s2)cc1. The number of anilines is 1. The van der Waals surface area contributed by atoms with E-state index in [9.17, 15) is 9.59 Å². The molecule has 0 aliphatic carbocycles. The van der Waals surface area contributed by atoms with Gasteiger partial charge in [-0.25, -0.2) is 4.98 Å². The highest BCUT2D eigenvalue weighted by atomic mass is 32.1. The fourth-order valence-corrected chi connectivity index (χ4v) is 2.95. The highest BCUT2D eigenvalue weighted by Gasteiger charge is 2.03. The van der Waals surface area contributed by atoms with Gasteiger partial charge in [-0.1, -0.05) is 12.1 Å². The second-order valence-corrected chi connectivity index (χ2v) is 6.04. The van der Waals surface area contributed by atoms with Gasteiger partial charge in [-0.15, -0.1) is 11.3 Å². The van der Waals surface area contributed by atoms with Crippen LogP contribution in [0.2, 0.25) is 0 Å². The maximum atomic E-state index is 11.9. The van der Waals surface area contributed by atoms with Crippen molar-refractivity contribution in [3.8, 4) is 0 Å². The molecule has 0 bridgehead atoms. The third-order valence-electron chi connectivity index (χ3n) is 3.25. The minimum Gasteiger partial charge on any atom is -0.323 e. The van der Waals surface area contributed by atoms with E-state index < -0.39 is 0 Å². The number of carbonyl (C=O) groups excluding carboxylic acids is 2. The number of hydrogen-bond acceptors (Lipinski definition) is 4. The summed E-state index contributed by atoms with van der Waals surface area (Å²) < 4.78 is 1.09. The molecule has 0 atom stereocenters. The van der Waals surface area contributed by atoms with Crippen molar-refractivity contribution < 1.29 is 9.59 Å². The summed E-state index contributed by atoms with van der Waals surface area (Å²) in [6, 6.07) is 14.6. The smallest absolute Gasteiger partial charge is 0.248 e. The number of rotatable bonds is 4. The van der Waals surface area contributed by atoms with Crippen LogP contribution in [0.5, 0.6) is 0 Å². The van der Waals surface area contributed by atoms with Crippen LogP contribution < -0.4 is 5.32 Å². The molecule has 0 aliphatic heterocycles. The van der Waals surface area contributed by atoms with Crippen LogP contribution in [-0.4, -0.2) is 16.7 Å². The van der Waals surface area contributed by atoms with Gasteiger partial charge in [0.25, 0.3) is 0 Å². The molecule has 0 aliphatic rings. The Morgan fingerprint density at radius 3 is 2.52 bits per heavy atom. The average molecular weight is 322 g/mol. The van der Waals surface area contributed by atoms with Crippen molar-refractivity contribution in [3.63, 3.8) is 0 Å². The summed E-state index contributed by atoms with van der Waals surface area (Å²) in [4.78, 5) is 27.6. The predicted molar refractivity (Wildman–Crippen MR) is 93.7 cm³/mol. The van der Waals surface area contributed by atoms with E-state index in [1.807, 2.05) is 24.3 Å². The second-order valence-electron chi connectivity index (χ2n) is 4.98. The van der Waals surface area contributed by atoms with Crippen LogP contribution in [0.15, 0.2) is 54.6 Å². The lowest BCUT2D eigenvalue weighted by Gasteiger charge is -2.02. The Hall–Kier alpha value is -2.79. The quantitative estimate of drug-likeness (QED) is 0.580. The van der Waals surface area contributed by atoms with Gasteiger partial charge in [-0.3, -0.25) is 9.59 Å². The van der Waals surface area contributed by atoms with Gasteiger partial charge in [0.1, 0.15) is 5.01 Å². The standard InChI is InChI=1S/C18H14N2O2S/c1-12(21)13-6-8-14(9-7-13)19-17(22)10-11-18-20-15-4-2-3-5-16(15)23-18/h2-11H,1H3,(H,19,22)/b11-10+. The summed E-state index contributed by atoms with van der Waals surface area (Å²) in [5.41, 5.74) is 2.19. The van der Waals surface area contributed by atoms with Crippen LogP contribution in [0.3, 0.4) is 0 Å². The van der Waals surface area contributed by atoms with Crippen LogP contribution in [0.1, 0.15) is 22.3 Å². The number of thiazole rings is 1. The Morgan fingerprint density at radius 2 is 1.83 bits per heavy atom. The summed E-state index contributed by atoms with van der Waals surface area (Å²) in [7, 11) is 0. The van der Waals surface area contributed by atoms with Crippen LogP contribution in [0.25, 0.3) is 16.3 Å². The number of carbonyl (C=O) groups is 2. The minimum atomic E-state index is -0.236. The summed E-state index contributed by atoms with van der Waals surface area (Å²) in [5, 5.41) is 3.54. The van der Waals surface area contributed by atoms with E-state index in [4.69, 9.17) is 0 Å². The number of ketones is 1. The number of amides is 1. The van der Waals surface area contributed by atoms with Gasteiger partial charge >= 0.3 is 0 Å². The lowest BCUT2D eigenvalue weighted by molar-refractivity contribution is -0.111. The van der Waals surface area contributed by atoms with Crippen LogP contribution in [-0.2, 0) is 4.79 Å². The molecule has 5 heteroatoms. The van der Waals surface area contributed by atoms with Gasteiger partial charge in [0, 0.05) is 17.3 Å². The zero-order valence-electron chi connectivity index (χ0n) is 12.4. The van der Waals surface area contributed by atoms with Gasteiger partial charge in [0.2, 0.25) is 5.91 Å². The molecule has 0 unspecified atom stereocenters. The van der Waals surface area contributed by atoms with Crippen LogP contribution in [0, 0.1) is 0 Å². The minimum absolute atomic E-state index is 0.00129. The number of benzene rings is 2. The van der Waals surface area contributed by atoms with Crippen molar-refractivity contribution >= 4 is 45.0 Å². The number of fused-ring (bicyclic) bond motifs is 1. The first-order chi connectivity index (χ1) is 11.1.